The van der Waals surface area contributed by atoms with Crippen molar-refractivity contribution < 1.29 is 9.21 Å². The van der Waals surface area contributed by atoms with Crippen molar-refractivity contribution in [2.24, 2.45) is 0 Å². The Hall–Kier alpha value is -1.74. The molecule has 2 aromatic rings. The zero-order valence-corrected chi connectivity index (χ0v) is 11.0. The highest BCUT2D eigenvalue weighted by Gasteiger charge is 2.22. The van der Waals surface area contributed by atoms with E-state index in [0.717, 1.165) is 5.56 Å². The molecule has 1 amide bonds. The number of furan rings is 1. The predicted octanol–water partition coefficient (Wildman–Crippen LogP) is 3.77. The third-order valence-corrected chi connectivity index (χ3v) is 3.32. The van der Waals surface area contributed by atoms with Gasteiger partial charge in [0.15, 0.2) is 0 Å². The molecular weight excluding hydrogens is 250 g/mol. The summed E-state index contributed by atoms with van der Waals surface area (Å²) < 4.78 is 4.94. The highest BCUT2D eigenvalue weighted by Crippen LogP contribution is 2.24. The van der Waals surface area contributed by atoms with Gasteiger partial charge >= 0.3 is 0 Å². The smallest absolute Gasteiger partial charge is 0.258 e. The second-order valence-electron chi connectivity index (χ2n) is 4.11. The molecule has 2 rings (SSSR count). The summed E-state index contributed by atoms with van der Waals surface area (Å²) in [6, 6.07) is 11.4. The summed E-state index contributed by atoms with van der Waals surface area (Å²) in [5, 5.41) is 0.132. The Labute approximate surface area is 111 Å². The van der Waals surface area contributed by atoms with Crippen LogP contribution in [0.5, 0.6) is 0 Å². The van der Waals surface area contributed by atoms with Crippen LogP contribution in [0.3, 0.4) is 0 Å². The molecule has 0 bridgehead atoms. The standard InChI is InChI=1S/C14H14ClNO2/c1-10(11-6-4-3-5-7-11)16(2)14(17)12-8-9-18-13(12)15/h3-10H,1-2H3. The average Bonchev–Trinajstić information content (AvgIpc) is 2.83. The van der Waals surface area contributed by atoms with E-state index in [1.165, 1.54) is 6.26 Å². The maximum absolute atomic E-state index is 12.2. The first-order chi connectivity index (χ1) is 8.61. The number of benzene rings is 1. The molecule has 94 valence electrons. The maximum atomic E-state index is 12.2. The van der Waals surface area contributed by atoms with Crippen molar-refractivity contribution in [3.05, 3.63) is 59.0 Å². The number of hydrogen-bond acceptors (Lipinski definition) is 2. The molecule has 0 saturated carbocycles. The van der Waals surface area contributed by atoms with Gasteiger partial charge in [0, 0.05) is 7.05 Å². The molecule has 1 heterocycles. The summed E-state index contributed by atoms with van der Waals surface area (Å²) in [7, 11) is 1.75. The molecule has 18 heavy (non-hydrogen) atoms. The van der Waals surface area contributed by atoms with Gasteiger partial charge in [-0.15, -0.1) is 0 Å². The van der Waals surface area contributed by atoms with E-state index in [9.17, 15) is 4.79 Å². The molecule has 1 aromatic heterocycles. The van der Waals surface area contributed by atoms with Crippen LogP contribution in [0, 0.1) is 0 Å². The van der Waals surface area contributed by atoms with E-state index in [1.54, 1.807) is 18.0 Å². The predicted molar refractivity (Wildman–Crippen MR) is 70.7 cm³/mol. The maximum Gasteiger partial charge on any atom is 0.258 e. The summed E-state index contributed by atoms with van der Waals surface area (Å²) in [5.41, 5.74) is 1.47. The molecule has 4 heteroatoms. The summed E-state index contributed by atoms with van der Waals surface area (Å²) in [6.45, 7) is 1.97. The lowest BCUT2D eigenvalue weighted by molar-refractivity contribution is 0.0742. The zero-order chi connectivity index (χ0) is 13.1. The third-order valence-electron chi connectivity index (χ3n) is 3.03. The van der Waals surface area contributed by atoms with E-state index in [0.29, 0.717) is 5.56 Å². The van der Waals surface area contributed by atoms with Gasteiger partial charge < -0.3 is 9.32 Å². The van der Waals surface area contributed by atoms with Crippen LogP contribution < -0.4 is 0 Å². The van der Waals surface area contributed by atoms with E-state index in [1.807, 2.05) is 37.3 Å². The summed E-state index contributed by atoms with van der Waals surface area (Å²) >= 11 is 5.82. The molecule has 0 spiro atoms. The van der Waals surface area contributed by atoms with Gasteiger partial charge in [-0.3, -0.25) is 4.79 Å². The van der Waals surface area contributed by atoms with Crippen LogP contribution >= 0.6 is 11.6 Å². The number of nitrogens with zero attached hydrogens (tertiary/aromatic N) is 1. The zero-order valence-electron chi connectivity index (χ0n) is 10.3. The Balaban J connectivity index is 2.20. The molecule has 0 aliphatic carbocycles. The molecule has 0 aliphatic heterocycles. The second kappa shape index (κ2) is 5.27. The van der Waals surface area contributed by atoms with E-state index in [-0.39, 0.29) is 17.2 Å². The second-order valence-corrected chi connectivity index (χ2v) is 4.45. The Morgan fingerprint density at radius 1 is 1.28 bits per heavy atom. The topological polar surface area (TPSA) is 33.5 Å². The quantitative estimate of drug-likeness (QED) is 0.845. The molecule has 1 atom stereocenters. The van der Waals surface area contributed by atoms with Crippen molar-refractivity contribution in [2.75, 3.05) is 7.05 Å². The fraction of sp³-hybridized carbons (Fsp3) is 0.214. The SMILES string of the molecule is CC(c1ccccc1)N(C)C(=O)c1ccoc1Cl. The third kappa shape index (κ3) is 2.41. The first-order valence-electron chi connectivity index (χ1n) is 5.66. The molecular formula is C14H14ClNO2. The average molecular weight is 264 g/mol. The normalized spacial score (nSPS) is 12.2. The number of halogens is 1. The van der Waals surface area contributed by atoms with Crippen LogP contribution in [0.2, 0.25) is 5.22 Å². The molecule has 0 aliphatic rings. The Morgan fingerprint density at radius 3 is 2.50 bits per heavy atom. The molecule has 0 N–H and O–H groups in total. The van der Waals surface area contributed by atoms with Crippen molar-refractivity contribution in [2.45, 2.75) is 13.0 Å². The van der Waals surface area contributed by atoms with E-state index in [2.05, 4.69) is 0 Å². The van der Waals surface area contributed by atoms with E-state index >= 15 is 0 Å². The van der Waals surface area contributed by atoms with Crippen LogP contribution in [0.15, 0.2) is 47.1 Å². The van der Waals surface area contributed by atoms with Crippen LogP contribution in [0.25, 0.3) is 0 Å². The van der Waals surface area contributed by atoms with Crippen molar-refractivity contribution in [1.82, 2.24) is 4.90 Å². The monoisotopic (exact) mass is 263 g/mol. The minimum Gasteiger partial charge on any atom is -0.452 e. The molecule has 1 aromatic carbocycles. The lowest BCUT2D eigenvalue weighted by Gasteiger charge is -2.25. The van der Waals surface area contributed by atoms with E-state index < -0.39 is 0 Å². The van der Waals surface area contributed by atoms with Gasteiger partial charge in [0.25, 0.3) is 5.91 Å². The highest BCUT2D eigenvalue weighted by atomic mass is 35.5. The number of hydrogen-bond donors (Lipinski definition) is 0. The van der Waals surface area contributed by atoms with Gasteiger partial charge in [-0.25, -0.2) is 0 Å². The van der Waals surface area contributed by atoms with Gasteiger partial charge in [-0.05, 0) is 30.2 Å². The lowest BCUT2D eigenvalue weighted by atomic mass is 10.1. The molecule has 0 radical (unpaired) electrons. The molecule has 3 nitrogen and oxygen atoms in total. The first kappa shape index (κ1) is 12.7. The van der Waals surface area contributed by atoms with Crippen LogP contribution in [-0.4, -0.2) is 17.9 Å². The minimum absolute atomic E-state index is 0.0235. The molecule has 0 fully saturated rings. The van der Waals surface area contributed by atoms with Crippen molar-refractivity contribution in [1.29, 1.82) is 0 Å². The Bertz CT molecular complexity index is 536. The van der Waals surface area contributed by atoms with Crippen molar-refractivity contribution in [3.63, 3.8) is 0 Å². The Morgan fingerprint density at radius 2 is 1.94 bits per heavy atom. The fourth-order valence-electron chi connectivity index (χ4n) is 1.77. The highest BCUT2D eigenvalue weighted by molar-refractivity contribution is 6.32. The number of carbonyl (C=O) groups excluding carboxylic acids is 1. The number of amides is 1. The number of rotatable bonds is 3. The largest absolute Gasteiger partial charge is 0.452 e. The molecule has 0 saturated heterocycles. The van der Waals surface area contributed by atoms with Gasteiger partial charge in [0.1, 0.15) is 0 Å². The van der Waals surface area contributed by atoms with Gasteiger partial charge in [-0.2, -0.15) is 0 Å². The summed E-state index contributed by atoms with van der Waals surface area (Å²) in [6.07, 6.45) is 1.41. The van der Waals surface area contributed by atoms with Crippen molar-refractivity contribution >= 4 is 17.5 Å². The minimum atomic E-state index is -0.148. The van der Waals surface area contributed by atoms with Gasteiger partial charge in [-0.1, -0.05) is 30.3 Å². The molecule has 1 unspecified atom stereocenters. The van der Waals surface area contributed by atoms with Crippen molar-refractivity contribution in [3.8, 4) is 0 Å². The summed E-state index contributed by atoms with van der Waals surface area (Å²) in [5.74, 6) is -0.148. The van der Waals surface area contributed by atoms with E-state index in [4.69, 9.17) is 16.0 Å². The Kier molecular flexibility index (Phi) is 3.72. The van der Waals surface area contributed by atoms with Crippen LogP contribution in [-0.2, 0) is 0 Å². The van der Waals surface area contributed by atoms with Gasteiger partial charge in [0.2, 0.25) is 5.22 Å². The first-order valence-corrected chi connectivity index (χ1v) is 6.04. The van der Waals surface area contributed by atoms with Crippen LogP contribution in [0.4, 0.5) is 0 Å². The van der Waals surface area contributed by atoms with Crippen LogP contribution in [0.1, 0.15) is 28.9 Å². The number of carbonyl (C=O) groups is 1. The lowest BCUT2D eigenvalue weighted by Crippen LogP contribution is -2.29. The van der Waals surface area contributed by atoms with Gasteiger partial charge in [0.05, 0.1) is 17.9 Å². The fourth-order valence-corrected chi connectivity index (χ4v) is 1.96. The summed E-state index contributed by atoms with van der Waals surface area (Å²) in [4.78, 5) is 13.9.